The minimum absolute atomic E-state index is 0.109. The summed E-state index contributed by atoms with van der Waals surface area (Å²) in [5.41, 5.74) is 4.86. The molecule has 36 heavy (non-hydrogen) atoms. The van der Waals surface area contributed by atoms with E-state index < -0.39 is 5.54 Å². The predicted octanol–water partition coefficient (Wildman–Crippen LogP) is 4.14. The van der Waals surface area contributed by atoms with E-state index in [1.54, 1.807) is 18.3 Å². The number of carbonyl (C=O) groups is 1. The van der Waals surface area contributed by atoms with Crippen LogP contribution >= 0.6 is 0 Å². The molecule has 0 aliphatic carbocycles. The summed E-state index contributed by atoms with van der Waals surface area (Å²) < 4.78 is 15.1. The van der Waals surface area contributed by atoms with Gasteiger partial charge >= 0.3 is 0 Å². The molecule has 1 saturated heterocycles. The summed E-state index contributed by atoms with van der Waals surface area (Å²) in [6, 6.07) is 12.2. The van der Waals surface area contributed by atoms with Crippen molar-refractivity contribution in [3.05, 3.63) is 92.8 Å². The molecule has 1 fully saturated rings. The number of aryl methyl sites for hydroxylation is 2. The number of hydrogen-bond acceptors (Lipinski definition) is 4. The number of amides is 1. The van der Waals surface area contributed by atoms with Gasteiger partial charge < -0.3 is 15.2 Å². The lowest BCUT2D eigenvalue weighted by Crippen LogP contribution is -2.66. The lowest BCUT2D eigenvalue weighted by Gasteiger charge is -2.49. The van der Waals surface area contributed by atoms with E-state index in [9.17, 15) is 14.0 Å². The molecule has 1 aliphatic rings. The Kier molecular flexibility index (Phi) is 5.79. The van der Waals surface area contributed by atoms with Gasteiger partial charge in [0.15, 0.2) is 5.69 Å². The van der Waals surface area contributed by atoms with Gasteiger partial charge in [0.25, 0.3) is 11.5 Å². The van der Waals surface area contributed by atoms with Crippen molar-refractivity contribution < 1.29 is 9.18 Å². The molecule has 0 atom stereocenters. The highest BCUT2D eigenvalue weighted by Gasteiger charge is 2.44. The number of rotatable bonds is 5. The summed E-state index contributed by atoms with van der Waals surface area (Å²) in [4.78, 5) is 32.0. The number of carbonyl (C=O) groups excluding carboxylic acids is 1. The van der Waals surface area contributed by atoms with Crippen LogP contribution in [0.3, 0.4) is 0 Å². The van der Waals surface area contributed by atoms with E-state index >= 15 is 0 Å². The number of H-pyrrole nitrogens is 1. The molecule has 186 valence electrons. The lowest BCUT2D eigenvalue weighted by molar-refractivity contribution is 0.0507. The number of hydrogen-bond donors (Lipinski definition) is 2. The Labute approximate surface area is 209 Å². The van der Waals surface area contributed by atoms with E-state index in [4.69, 9.17) is 0 Å². The second kappa shape index (κ2) is 8.71. The molecule has 2 N–H and O–H groups in total. The van der Waals surface area contributed by atoms with E-state index in [0.717, 1.165) is 16.7 Å². The molecular formula is C28H30FN5O2. The molecule has 0 radical (unpaired) electrons. The number of likely N-dealkylation sites (tertiary alicyclic amines) is 1. The van der Waals surface area contributed by atoms with Crippen LogP contribution in [-0.2, 0) is 5.54 Å². The molecule has 0 saturated carbocycles. The minimum atomic E-state index is -0.652. The Morgan fingerprint density at radius 2 is 1.81 bits per heavy atom. The van der Waals surface area contributed by atoms with Crippen LogP contribution in [0.15, 0.2) is 53.5 Å². The lowest BCUT2D eigenvalue weighted by atomic mass is 9.82. The van der Waals surface area contributed by atoms with Crippen molar-refractivity contribution in [2.45, 2.75) is 39.2 Å². The molecule has 4 aromatic rings. The first-order chi connectivity index (χ1) is 17.1. The molecule has 2 aromatic heterocycles. The fraction of sp³-hybridized carbons (Fsp3) is 0.321. The van der Waals surface area contributed by atoms with Crippen molar-refractivity contribution in [1.82, 2.24) is 24.8 Å². The van der Waals surface area contributed by atoms with E-state index in [1.165, 1.54) is 22.2 Å². The first-order valence-corrected chi connectivity index (χ1v) is 12.1. The van der Waals surface area contributed by atoms with E-state index in [-0.39, 0.29) is 28.9 Å². The SMILES string of the molecule is Cc1ccc(-c2cn3nc(C(=O)NC4(c5ccc(F)cc5)CN(C)C4)c(C(C)C)c3c(=O)[nH]2)cc1C. The standard InChI is InChI=1S/C28H30FN5O2/c1-16(2)23-24(26(35)31-28(14-33(5)15-28)20-8-10-21(29)11-9-20)32-34-13-22(30-27(36)25(23)34)19-7-6-17(3)18(4)12-19/h6-13,16H,14-15H2,1-5H3,(H,30,36)(H,31,35). The number of benzene rings is 2. The Bertz CT molecular complexity index is 1530. The molecule has 1 aliphatic heterocycles. The quantitative estimate of drug-likeness (QED) is 0.443. The Balaban J connectivity index is 1.58. The Morgan fingerprint density at radius 3 is 2.42 bits per heavy atom. The number of nitrogens with one attached hydrogen (secondary N) is 2. The fourth-order valence-corrected chi connectivity index (χ4v) is 5.13. The molecule has 2 aromatic carbocycles. The summed E-state index contributed by atoms with van der Waals surface area (Å²) in [6.07, 6.45) is 1.76. The van der Waals surface area contributed by atoms with Gasteiger partial charge in [-0.1, -0.05) is 38.1 Å². The van der Waals surface area contributed by atoms with Crippen LogP contribution in [0.4, 0.5) is 4.39 Å². The maximum Gasteiger partial charge on any atom is 0.274 e. The predicted molar refractivity (Wildman–Crippen MR) is 138 cm³/mol. The molecule has 7 nitrogen and oxygen atoms in total. The molecule has 0 unspecified atom stereocenters. The van der Waals surface area contributed by atoms with Crippen LogP contribution in [-0.4, -0.2) is 45.5 Å². The smallest absolute Gasteiger partial charge is 0.274 e. The number of nitrogens with zero attached hydrogens (tertiary/aromatic N) is 3. The zero-order valence-corrected chi connectivity index (χ0v) is 21.1. The third kappa shape index (κ3) is 4.01. The monoisotopic (exact) mass is 487 g/mol. The van der Waals surface area contributed by atoms with Gasteiger partial charge in [0.2, 0.25) is 0 Å². The van der Waals surface area contributed by atoms with Crippen LogP contribution in [0.25, 0.3) is 16.8 Å². The molecule has 5 rings (SSSR count). The molecule has 3 heterocycles. The zero-order valence-electron chi connectivity index (χ0n) is 21.1. The van der Waals surface area contributed by atoms with E-state index in [0.29, 0.717) is 29.9 Å². The van der Waals surface area contributed by atoms with Crippen molar-refractivity contribution in [3.8, 4) is 11.3 Å². The van der Waals surface area contributed by atoms with Gasteiger partial charge in [0, 0.05) is 18.7 Å². The Hall–Kier alpha value is -3.78. The highest BCUT2D eigenvalue weighted by molar-refractivity contribution is 5.96. The molecule has 0 spiro atoms. The van der Waals surface area contributed by atoms with Gasteiger partial charge in [-0.25, -0.2) is 8.91 Å². The van der Waals surface area contributed by atoms with Crippen LogP contribution in [0.2, 0.25) is 0 Å². The maximum atomic E-state index is 13.7. The number of fused-ring (bicyclic) bond motifs is 1. The average molecular weight is 488 g/mol. The zero-order chi connectivity index (χ0) is 25.8. The molecule has 0 bridgehead atoms. The number of likely N-dealkylation sites (N-methyl/N-ethyl adjacent to an activating group) is 1. The van der Waals surface area contributed by atoms with Gasteiger partial charge in [-0.2, -0.15) is 5.10 Å². The highest BCUT2D eigenvalue weighted by atomic mass is 19.1. The third-order valence-corrected chi connectivity index (χ3v) is 7.10. The van der Waals surface area contributed by atoms with Gasteiger partial charge in [-0.15, -0.1) is 0 Å². The van der Waals surface area contributed by atoms with Crippen LogP contribution in [0, 0.1) is 19.7 Å². The first-order valence-electron chi connectivity index (χ1n) is 12.1. The molecule has 8 heteroatoms. The van der Waals surface area contributed by atoms with Crippen LogP contribution < -0.4 is 10.9 Å². The van der Waals surface area contributed by atoms with Gasteiger partial charge in [0.05, 0.1) is 17.4 Å². The number of halogens is 1. The van der Waals surface area contributed by atoms with E-state index in [2.05, 4.69) is 20.3 Å². The molecular weight excluding hydrogens is 457 g/mol. The molecule has 1 amide bonds. The largest absolute Gasteiger partial charge is 0.338 e. The van der Waals surface area contributed by atoms with Crippen molar-refractivity contribution in [1.29, 1.82) is 0 Å². The van der Waals surface area contributed by atoms with Gasteiger partial charge in [0.1, 0.15) is 11.3 Å². The summed E-state index contributed by atoms with van der Waals surface area (Å²) in [5, 5.41) is 7.76. The Morgan fingerprint density at radius 1 is 1.11 bits per heavy atom. The minimum Gasteiger partial charge on any atom is -0.338 e. The normalized spacial score (nSPS) is 15.3. The maximum absolute atomic E-state index is 13.7. The van der Waals surface area contributed by atoms with Crippen molar-refractivity contribution in [3.63, 3.8) is 0 Å². The second-order valence-electron chi connectivity index (χ2n) is 10.2. The summed E-state index contributed by atoms with van der Waals surface area (Å²) in [5.74, 6) is -0.788. The summed E-state index contributed by atoms with van der Waals surface area (Å²) in [7, 11) is 1.96. The fourth-order valence-electron chi connectivity index (χ4n) is 5.13. The van der Waals surface area contributed by atoms with E-state index in [1.807, 2.05) is 52.9 Å². The second-order valence-corrected chi connectivity index (χ2v) is 10.2. The van der Waals surface area contributed by atoms with Crippen molar-refractivity contribution in [2.75, 3.05) is 20.1 Å². The van der Waals surface area contributed by atoms with Gasteiger partial charge in [-0.05, 0) is 67.3 Å². The average Bonchev–Trinajstić information content (AvgIpc) is 3.21. The topological polar surface area (TPSA) is 82.5 Å². The van der Waals surface area contributed by atoms with Gasteiger partial charge in [-0.3, -0.25) is 9.59 Å². The third-order valence-electron chi connectivity index (χ3n) is 7.10. The summed E-state index contributed by atoms with van der Waals surface area (Å²) in [6.45, 7) is 9.13. The van der Waals surface area contributed by atoms with Crippen molar-refractivity contribution >= 4 is 11.4 Å². The first kappa shape index (κ1) is 23.9. The summed E-state index contributed by atoms with van der Waals surface area (Å²) >= 11 is 0. The van der Waals surface area contributed by atoms with Crippen LogP contribution in [0.1, 0.15) is 52.5 Å². The number of aromatic nitrogens is 3. The highest BCUT2D eigenvalue weighted by Crippen LogP contribution is 2.32. The van der Waals surface area contributed by atoms with Crippen molar-refractivity contribution in [2.24, 2.45) is 0 Å². The number of aromatic amines is 1. The van der Waals surface area contributed by atoms with Crippen LogP contribution in [0.5, 0.6) is 0 Å².